The number of nitrogens with one attached hydrogen (secondary N) is 2. The monoisotopic (exact) mass is 358 g/mol. The molecule has 0 saturated heterocycles. The lowest BCUT2D eigenvalue weighted by Crippen LogP contribution is -2.34. The molecule has 0 aliphatic carbocycles. The average Bonchev–Trinajstić information content (AvgIpc) is 2.95. The zero-order valence-electron chi connectivity index (χ0n) is 10.7. The molecule has 0 aliphatic heterocycles. The van der Waals surface area contributed by atoms with Gasteiger partial charge in [0.2, 0.25) is 0 Å². The number of aromatic carboxylic acids is 1. The highest BCUT2D eigenvalue weighted by Gasteiger charge is 2.15. The van der Waals surface area contributed by atoms with Crippen LogP contribution in [-0.2, 0) is 0 Å². The molecular formula is C13H8Cl2N2O4S. The fraction of sp³-hybridized carbons (Fsp3) is 0. The number of furan rings is 1. The summed E-state index contributed by atoms with van der Waals surface area (Å²) in [6.45, 7) is 0. The van der Waals surface area contributed by atoms with Gasteiger partial charge in [0.25, 0.3) is 5.91 Å². The van der Waals surface area contributed by atoms with Crippen LogP contribution in [0.4, 0.5) is 5.69 Å². The van der Waals surface area contributed by atoms with Gasteiger partial charge in [-0.05, 0) is 36.5 Å². The average molecular weight is 359 g/mol. The molecule has 0 bridgehead atoms. The minimum Gasteiger partial charge on any atom is -0.478 e. The van der Waals surface area contributed by atoms with Crippen molar-refractivity contribution in [3.63, 3.8) is 0 Å². The van der Waals surface area contributed by atoms with E-state index in [1.807, 2.05) is 0 Å². The number of amides is 1. The molecule has 0 radical (unpaired) electrons. The van der Waals surface area contributed by atoms with E-state index < -0.39 is 11.9 Å². The van der Waals surface area contributed by atoms with Crippen LogP contribution in [0.1, 0.15) is 20.9 Å². The smallest absolute Gasteiger partial charge is 0.337 e. The van der Waals surface area contributed by atoms with Crippen LogP contribution in [0.5, 0.6) is 0 Å². The number of benzene rings is 1. The van der Waals surface area contributed by atoms with Crippen molar-refractivity contribution in [3.05, 3.63) is 51.9 Å². The van der Waals surface area contributed by atoms with Crippen LogP contribution in [0.3, 0.4) is 0 Å². The minimum absolute atomic E-state index is 0.00594. The molecule has 3 N–H and O–H groups in total. The van der Waals surface area contributed by atoms with Gasteiger partial charge in [-0.25, -0.2) is 4.79 Å². The highest BCUT2D eigenvalue weighted by molar-refractivity contribution is 7.80. The van der Waals surface area contributed by atoms with Crippen LogP contribution < -0.4 is 10.6 Å². The molecule has 0 fully saturated rings. The molecule has 22 heavy (non-hydrogen) atoms. The van der Waals surface area contributed by atoms with Crippen molar-refractivity contribution >= 4 is 58.1 Å². The van der Waals surface area contributed by atoms with E-state index >= 15 is 0 Å². The van der Waals surface area contributed by atoms with Gasteiger partial charge in [0.05, 0.1) is 27.6 Å². The van der Waals surface area contributed by atoms with E-state index in [0.717, 1.165) is 0 Å². The fourth-order valence-corrected chi connectivity index (χ4v) is 2.25. The van der Waals surface area contributed by atoms with Crippen LogP contribution in [0.25, 0.3) is 0 Å². The van der Waals surface area contributed by atoms with E-state index in [1.54, 1.807) is 6.07 Å². The summed E-state index contributed by atoms with van der Waals surface area (Å²) in [5.41, 5.74) is 0.0574. The Morgan fingerprint density at radius 2 is 1.95 bits per heavy atom. The van der Waals surface area contributed by atoms with Crippen molar-refractivity contribution in [2.24, 2.45) is 0 Å². The van der Waals surface area contributed by atoms with Crippen molar-refractivity contribution < 1.29 is 19.1 Å². The number of carbonyl (C=O) groups excluding carboxylic acids is 1. The van der Waals surface area contributed by atoms with Crippen LogP contribution in [0, 0.1) is 0 Å². The first-order chi connectivity index (χ1) is 10.4. The second kappa shape index (κ2) is 6.78. The molecule has 6 nitrogen and oxygen atoms in total. The lowest BCUT2D eigenvalue weighted by molar-refractivity contribution is 0.0697. The Bertz CT molecular complexity index is 747. The maximum Gasteiger partial charge on any atom is 0.337 e. The Labute approximate surface area is 140 Å². The van der Waals surface area contributed by atoms with Gasteiger partial charge in [-0.1, -0.05) is 23.2 Å². The molecule has 9 heteroatoms. The first kappa shape index (κ1) is 16.3. The van der Waals surface area contributed by atoms with Crippen molar-refractivity contribution in [2.75, 3.05) is 5.32 Å². The molecular weight excluding hydrogens is 351 g/mol. The van der Waals surface area contributed by atoms with Crippen LogP contribution >= 0.6 is 35.4 Å². The molecule has 114 valence electrons. The minimum atomic E-state index is -1.21. The Balaban J connectivity index is 2.13. The van der Waals surface area contributed by atoms with Gasteiger partial charge in [-0.15, -0.1) is 0 Å². The summed E-state index contributed by atoms with van der Waals surface area (Å²) in [5, 5.41) is 14.1. The normalized spacial score (nSPS) is 10.1. The van der Waals surface area contributed by atoms with Gasteiger partial charge < -0.3 is 14.8 Å². The first-order valence-electron chi connectivity index (χ1n) is 5.76. The van der Waals surface area contributed by atoms with E-state index in [1.165, 1.54) is 24.5 Å². The Morgan fingerprint density at radius 3 is 2.55 bits per heavy atom. The number of carbonyl (C=O) groups is 2. The van der Waals surface area contributed by atoms with E-state index in [2.05, 4.69) is 10.6 Å². The highest BCUT2D eigenvalue weighted by atomic mass is 35.5. The number of halogens is 2. The molecule has 0 atom stereocenters. The van der Waals surface area contributed by atoms with Crippen LogP contribution in [0.2, 0.25) is 10.0 Å². The summed E-state index contributed by atoms with van der Waals surface area (Å²) in [5.74, 6) is -1.68. The molecule has 1 amide bonds. The molecule has 1 heterocycles. The number of carboxylic acid groups (broad SMARTS) is 1. The third-order valence-electron chi connectivity index (χ3n) is 2.51. The number of carboxylic acids is 1. The van der Waals surface area contributed by atoms with Gasteiger partial charge in [0, 0.05) is 0 Å². The predicted molar refractivity (Wildman–Crippen MR) is 85.8 cm³/mol. The third-order valence-corrected chi connectivity index (χ3v) is 3.34. The zero-order valence-corrected chi connectivity index (χ0v) is 13.1. The molecule has 0 aliphatic rings. The molecule has 0 saturated carbocycles. The van der Waals surface area contributed by atoms with Crippen LogP contribution in [-0.4, -0.2) is 22.1 Å². The van der Waals surface area contributed by atoms with Gasteiger partial charge in [0.15, 0.2) is 10.9 Å². The third kappa shape index (κ3) is 3.76. The number of anilines is 1. The topological polar surface area (TPSA) is 91.6 Å². The largest absolute Gasteiger partial charge is 0.478 e. The Morgan fingerprint density at radius 1 is 1.23 bits per heavy atom. The van der Waals surface area contributed by atoms with Crippen molar-refractivity contribution in [1.29, 1.82) is 0 Å². The predicted octanol–water partition coefficient (Wildman–Crippen LogP) is 3.41. The fourth-order valence-electron chi connectivity index (χ4n) is 1.53. The van der Waals surface area contributed by atoms with E-state index in [9.17, 15) is 9.59 Å². The second-order valence-corrected chi connectivity index (χ2v) is 5.23. The number of hydrogen-bond donors (Lipinski definition) is 3. The standard InChI is InChI=1S/C13H8Cl2N2O4S/c14-7-5-8(15)9(4-6(7)12(19)20)16-13(22)17-11(18)10-2-1-3-21-10/h1-5H,(H,19,20)(H2,16,17,18,22). The number of hydrogen-bond acceptors (Lipinski definition) is 4. The summed E-state index contributed by atoms with van der Waals surface area (Å²) in [6.07, 6.45) is 1.35. The molecule has 2 rings (SSSR count). The maximum atomic E-state index is 11.7. The maximum absolute atomic E-state index is 11.7. The lowest BCUT2D eigenvalue weighted by Gasteiger charge is -2.11. The molecule has 2 aromatic rings. The summed E-state index contributed by atoms with van der Waals surface area (Å²) in [6, 6.07) is 5.51. The number of rotatable bonds is 3. The summed E-state index contributed by atoms with van der Waals surface area (Å²) >= 11 is 16.7. The summed E-state index contributed by atoms with van der Waals surface area (Å²) < 4.78 is 4.92. The van der Waals surface area contributed by atoms with Crippen molar-refractivity contribution in [2.45, 2.75) is 0 Å². The lowest BCUT2D eigenvalue weighted by atomic mass is 10.2. The van der Waals surface area contributed by atoms with E-state index in [4.69, 9.17) is 44.9 Å². The van der Waals surface area contributed by atoms with Gasteiger partial charge in [-0.3, -0.25) is 10.1 Å². The molecule has 0 unspecified atom stereocenters. The van der Waals surface area contributed by atoms with Gasteiger partial charge in [-0.2, -0.15) is 0 Å². The second-order valence-electron chi connectivity index (χ2n) is 4.00. The summed E-state index contributed by atoms with van der Waals surface area (Å²) in [4.78, 5) is 22.8. The van der Waals surface area contributed by atoms with Gasteiger partial charge >= 0.3 is 5.97 Å². The molecule has 1 aromatic heterocycles. The van der Waals surface area contributed by atoms with Crippen LogP contribution in [0.15, 0.2) is 34.9 Å². The molecule has 1 aromatic carbocycles. The highest BCUT2D eigenvalue weighted by Crippen LogP contribution is 2.29. The Hall–Kier alpha value is -2.09. The molecule has 0 spiro atoms. The van der Waals surface area contributed by atoms with E-state index in [0.29, 0.717) is 0 Å². The Kier molecular flexibility index (Phi) is 5.02. The van der Waals surface area contributed by atoms with E-state index in [-0.39, 0.29) is 32.2 Å². The quantitative estimate of drug-likeness (QED) is 0.728. The SMILES string of the molecule is O=C(NC(=S)Nc1cc(C(=O)O)c(Cl)cc1Cl)c1ccco1. The van der Waals surface area contributed by atoms with Crippen molar-refractivity contribution in [1.82, 2.24) is 5.32 Å². The zero-order chi connectivity index (χ0) is 16.3. The number of thiocarbonyl (C=S) groups is 1. The first-order valence-corrected chi connectivity index (χ1v) is 6.93. The van der Waals surface area contributed by atoms with Crippen molar-refractivity contribution in [3.8, 4) is 0 Å². The van der Waals surface area contributed by atoms with Gasteiger partial charge in [0.1, 0.15) is 0 Å². The summed E-state index contributed by atoms with van der Waals surface area (Å²) in [7, 11) is 0.